The summed E-state index contributed by atoms with van der Waals surface area (Å²) in [4.78, 5) is 0. The molecule has 3 rings (SSSR count). The third kappa shape index (κ3) is 8.07. The van der Waals surface area contributed by atoms with E-state index in [1.54, 1.807) is 56.3 Å². The van der Waals surface area contributed by atoms with Crippen molar-refractivity contribution < 1.29 is 44.9 Å². The third-order valence-electron chi connectivity index (χ3n) is 5.41. The van der Waals surface area contributed by atoms with E-state index in [1.165, 1.54) is 12.1 Å². The monoisotopic (exact) mass is 516 g/mol. The lowest BCUT2D eigenvalue weighted by Gasteiger charge is -2.27. The zero-order valence-electron chi connectivity index (χ0n) is 19.3. The summed E-state index contributed by atoms with van der Waals surface area (Å²) in [7, 11) is 0. The summed E-state index contributed by atoms with van der Waals surface area (Å²) in [6, 6.07) is 16.2. The van der Waals surface area contributed by atoms with Crippen molar-refractivity contribution in [3.63, 3.8) is 0 Å². The number of rotatable bonds is 9. The van der Waals surface area contributed by atoms with Gasteiger partial charge in [0.15, 0.2) is 23.1 Å². The zero-order chi connectivity index (χ0) is 26.6. The molecule has 0 spiro atoms. The molecule has 3 aromatic carbocycles. The molecular formula is C26H23F7O3. The SMILES string of the molecule is CC(C)(CCCc1ccc(F)c(Oc2ccccc2)c1)c1ccc(OC(F)(F)F)c(OC(F)(F)F)c1. The van der Waals surface area contributed by atoms with E-state index in [-0.39, 0.29) is 5.75 Å². The molecule has 0 fully saturated rings. The first-order chi connectivity index (χ1) is 16.7. The molecule has 0 amide bonds. The highest BCUT2D eigenvalue weighted by Gasteiger charge is 2.37. The highest BCUT2D eigenvalue weighted by atomic mass is 19.4. The van der Waals surface area contributed by atoms with Gasteiger partial charge < -0.3 is 14.2 Å². The summed E-state index contributed by atoms with van der Waals surface area (Å²) >= 11 is 0. The molecule has 0 aliphatic heterocycles. The lowest BCUT2D eigenvalue weighted by molar-refractivity contribution is -0.287. The van der Waals surface area contributed by atoms with Gasteiger partial charge in [0.2, 0.25) is 0 Å². The van der Waals surface area contributed by atoms with Crippen molar-refractivity contribution in [2.45, 2.75) is 51.2 Å². The Bertz CT molecular complexity index is 1160. The van der Waals surface area contributed by atoms with Crippen molar-refractivity contribution in [3.05, 3.63) is 83.7 Å². The summed E-state index contributed by atoms with van der Waals surface area (Å²) in [5, 5.41) is 0. The van der Waals surface area contributed by atoms with E-state index in [9.17, 15) is 30.7 Å². The van der Waals surface area contributed by atoms with Crippen LogP contribution in [0, 0.1) is 5.82 Å². The second-order valence-electron chi connectivity index (χ2n) is 8.67. The van der Waals surface area contributed by atoms with Crippen LogP contribution in [0.1, 0.15) is 37.8 Å². The molecule has 10 heteroatoms. The van der Waals surface area contributed by atoms with E-state index in [0.29, 0.717) is 30.6 Å². The van der Waals surface area contributed by atoms with Crippen LogP contribution in [0.2, 0.25) is 0 Å². The standard InChI is InChI=1S/C26H23F7O3/c1-24(2,18-11-13-21(35-25(28,29)30)23(16-18)36-26(31,32)33)14-6-7-17-10-12-20(27)22(15-17)34-19-8-4-3-5-9-19/h3-5,8-13,15-16H,6-7,14H2,1-2H3. The molecule has 3 nitrogen and oxygen atoms in total. The van der Waals surface area contributed by atoms with Crippen LogP contribution in [0.3, 0.4) is 0 Å². The average Bonchev–Trinajstić information content (AvgIpc) is 2.76. The fourth-order valence-electron chi connectivity index (χ4n) is 3.62. The molecule has 194 valence electrons. The highest BCUT2D eigenvalue weighted by molar-refractivity contribution is 5.45. The Hall–Kier alpha value is -3.43. The summed E-state index contributed by atoms with van der Waals surface area (Å²) in [6.45, 7) is 3.50. The van der Waals surface area contributed by atoms with Gasteiger partial charge in [-0.05, 0) is 72.2 Å². The maximum absolute atomic E-state index is 14.2. The molecule has 0 aromatic heterocycles. The number of hydrogen-bond donors (Lipinski definition) is 0. The Balaban J connectivity index is 1.71. The molecule has 0 unspecified atom stereocenters. The van der Waals surface area contributed by atoms with Crippen LogP contribution < -0.4 is 14.2 Å². The Morgan fingerprint density at radius 2 is 1.33 bits per heavy atom. The maximum atomic E-state index is 14.2. The molecule has 36 heavy (non-hydrogen) atoms. The Morgan fingerprint density at radius 1 is 0.694 bits per heavy atom. The van der Waals surface area contributed by atoms with E-state index in [4.69, 9.17) is 4.74 Å². The number of ether oxygens (including phenoxy) is 3. The Kier molecular flexibility index (Phi) is 8.05. The van der Waals surface area contributed by atoms with Gasteiger partial charge in [0.1, 0.15) is 5.75 Å². The van der Waals surface area contributed by atoms with Gasteiger partial charge in [-0.15, -0.1) is 26.3 Å². The molecule has 0 saturated carbocycles. The van der Waals surface area contributed by atoms with Gasteiger partial charge >= 0.3 is 12.7 Å². The number of halogens is 7. The minimum atomic E-state index is -5.20. The molecule has 0 heterocycles. The number of para-hydroxylation sites is 1. The largest absolute Gasteiger partial charge is 0.573 e. The van der Waals surface area contributed by atoms with Crippen LogP contribution in [-0.2, 0) is 11.8 Å². The number of aryl methyl sites for hydroxylation is 1. The average molecular weight is 516 g/mol. The zero-order valence-corrected chi connectivity index (χ0v) is 19.3. The normalized spacial score (nSPS) is 12.4. The summed E-state index contributed by atoms with van der Waals surface area (Å²) in [6.07, 6.45) is -8.85. The van der Waals surface area contributed by atoms with Crippen molar-refractivity contribution in [3.8, 4) is 23.0 Å². The lowest BCUT2D eigenvalue weighted by atomic mass is 9.79. The van der Waals surface area contributed by atoms with E-state index < -0.39 is 35.5 Å². The van der Waals surface area contributed by atoms with Crippen molar-refractivity contribution in [1.29, 1.82) is 0 Å². The quantitative estimate of drug-likeness (QED) is 0.266. The molecule has 0 bridgehead atoms. The Morgan fingerprint density at radius 3 is 1.97 bits per heavy atom. The lowest BCUT2D eigenvalue weighted by Crippen LogP contribution is -2.23. The van der Waals surface area contributed by atoms with Crippen molar-refractivity contribution >= 4 is 0 Å². The predicted molar refractivity (Wildman–Crippen MR) is 119 cm³/mol. The third-order valence-corrected chi connectivity index (χ3v) is 5.41. The molecular weight excluding hydrogens is 493 g/mol. The van der Waals surface area contributed by atoms with Gasteiger partial charge in [0.05, 0.1) is 0 Å². The van der Waals surface area contributed by atoms with E-state index in [2.05, 4.69) is 9.47 Å². The van der Waals surface area contributed by atoms with Gasteiger partial charge in [0.25, 0.3) is 0 Å². The first-order valence-corrected chi connectivity index (χ1v) is 10.9. The number of hydrogen-bond acceptors (Lipinski definition) is 3. The van der Waals surface area contributed by atoms with Crippen LogP contribution in [0.15, 0.2) is 66.7 Å². The van der Waals surface area contributed by atoms with Gasteiger partial charge in [0, 0.05) is 0 Å². The highest BCUT2D eigenvalue weighted by Crippen LogP contribution is 2.40. The summed E-state index contributed by atoms with van der Waals surface area (Å²) in [5.74, 6) is -2.15. The van der Waals surface area contributed by atoms with Gasteiger partial charge in [-0.2, -0.15) is 0 Å². The molecule has 0 atom stereocenters. The second-order valence-corrected chi connectivity index (χ2v) is 8.67. The van der Waals surface area contributed by atoms with Crippen LogP contribution in [-0.4, -0.2) is 12.7 Å². The van der Waals surface area contributed by atoms with Crippen LogP contribution in [0.25, 0.3) is 0 Å². The topological polar surface area (TPSA) is 27.7 Å². The van der Waals surface area contributed by atoms with E-state index in [1.807, 2.05) is 0 Å². The molecule has 0 aliphatic rings. The van der Waals surface area contributed by atoms with Crippen molar-refractivity contribution in [1.82, 2.24) is 0 Å². The van der Waals surface area contributed by atoms with Gasteiger partial charge in [-0.1, -0.05) is 44.2 Å². The first kappa shape index (κ1) is 27.2. The predicted octanol–water partition coefficient (Wildman–Crippen LogP) is 8.72. The van der Waals surface area contributed by atoms with Crippen molar-refractivity contribution in [2.24, 2.45) is 0 Å². The van der Waals surface area contributed by atoms with Gasteiger partial charge in [-0.3, -0.25) is 0 Å². The smallest absolute Gasteiger partial charge is 0.454 e. The minimum absolute atomic E-state index is 0.0622. The molecule has 3 aromatic rings. The molecule has 0 aliphatic carbocycles. The van der Waals surface area contributed by atoms with Gasteiger partial charge in [-0.25, -0.2) is 4.39 Å². The number of alkyl halides is 6. The van der Waals surface area contributed by atoms with E-state index in [0.717, 1.165) is 17.7 Å². The number of benzene rings is 3. The molecule has 0 radical (unpaired) electrons. The fourth-order valence-corrected chi connectivity index (χ4v) is 3.62. The molecule has 0 saturated heterocycles. The summed E-state index contributed by atoms with van der Waals surface area (Å²) < 4.78 is 103. The fraction of sp³-hybridized carbons (Fsp3) is 0.308. The van der Waals surface area contributed by atoms with Crippen molar-refractivity contribution in [2.75, 3.05) is 0 Å². The minimum Gasteiger partial charge on any atom is -0.454 e. The maximum Gasteiger partial charge on any atom is 0.573 e. The van der Waals surface area contributed by atoms with E-state index >= 15 is 0 Å². The summed E-state index contributed by atoms with van der Waals surface area (Å²) in [5.41, 5.74) is 0.403. The molecule has 0 N–H and O–H groups in total. The van der Waals surface area contributed by atoms with Crippen LogP contribution >= 0.6 is 0 Å². The van der Waals surface area contributed by atoms with Crippen LogP contribution in [0.5, 0.6) is 23.0 Å². The second kappa shape index (κ2) is 10.7. The first-order valence-electron chi connectivity index (χ1n) is 10.9. The van der Waals surface area contributed by atoms with Crippen LogP contribution in [0.4, 0.5) is 30.7 Å². The Labute approximate surface area is 203 Å².